The molecule has 19 heavy (non-hydrogen) atoms. The Kier molecular flexibility index (Phi) is 5.21. The molecule has 3 nitrogen and oxygen atoms in total. The lowest BCUT2D eigenvalue weighted by molar-refractivity contribution is 0.646. The average Bonchev–Trinajstić information content (AvgIpc) is 2.78. The number of aromatic nitrogens is 2. The van der Waals surface area contributed by atoms with Gasteiger partial charge in [0.15, 0.2) is 4.34 Å². The Bertz CT molecular complexity index is 557. The monoisotopic (exact) mass is 313 g/mol. The minimum Gasteiger partial charge on any atom is -0.327 e. The van der Waals surface area contributed by atoms with E-state index in [4.69, 9.17) is 17.3 Å². The Morgan fingerprint density at radius 1 is 1.47 bits per heavy atom. The van der Waals surface area contributed by atoms with E-state index in [0.717, 1.165) is 32.9 Å². The maximum Gasteiger partial charge on any atom is 0.174 e. The van der Waals surface area contributed by atoms with Crippen molar-refractivity contribution in [2.45, 2.75) is 42.0 Å². The van der Waals surface area contributed by atoms with Gasteiger partial charge in [-0.2, -0.15) is 4.37 Å². The van der Waals surface area contributed by atoms with Crippen LogP contribution in [0.2, 0.25) is 5.02 Å². The van der Waals surface area contributed by atoms with Gasteiger partial charge >= 0.3 is 0 Å². The van der Waals surface area contributed by atoms with Crippen LogP contribution in [0.1, 0.15) is 24.7 Å². The Balaban J connectivity index is 2.10. The van der Waals surface area contributed by atoms with Crippen LogP contribution in [0.3, 0.4) is 0 Å². The molecule has 1 aromatic carbocycles. The van der Waals surface area contributed by atoms with Crippen LogP contribution >= 0.6 is 34.9 Å². The molecule has 1 unspecified atom stereocenters. The van der Waals surface area contributed by atoms with Crippen LogP contribution in [0.25, 0.3) is 0 Å². The second-order valence-corrected chi connectivity index (χ2v) is 6.79. The summed E-state index contributed by atoms with van der Waals surface area (Å²) in [7, 11) is 0. The topological polar surface area (TPSA) is 51.8 Å². The first-order chi connectivity index (χ1) is 9.08. The quantitative estimate of drug-likeness (QED) is 0.908. The normalized spacial score (nSPS) is 12.6. The molecular formula is C13H16ClN3S2. The molecule has 0 radical (unpaired) electrons. The lowest BCUT2D eigenvalue weighted by Gasteiger charge is -2.10. The minimum atomic E-state index is 0.195. The number of halogens is 1. The zero-order valence-electron chi connectivity index (χ0n) is 10.9. The molecule has 0 fully saturated rings. The molecule has 0 aliphatic carbocycles. The van der Waals surface area contributed by atoms with E-state index in [-0.39, 0.29) is 6.04 Å². The van der Waals surface area contributed by atoms with Gasteiger partial charge in [0.1, 0.15) is 5.82 Å². The van der Waals surface area contributed by atoms with Crippen LogP contribution in [-0.4, -0.2) is 15.4 Å². The summed E-state index contributed by atoms with van der Waals surface area (Å²) in [6.45, 7) is 3.98. The van der Waals surface area contributed by atoms with Gasteiger partial charge in [-0.25, -0.2) is 4.98 Å². The third kappa shape index (κ3) is 4.18. The zero-order valence-corrected chi connectivity index (χ0v) is 13.3. The van der Waals surface area contributed by atoms with Gasteiger partial charge in [0.05, 0.1) is 5.02 Å². The molecule has 0 saturated heterocycles. The van der Waals surface area contributed by atoms with Crippen molar-refractivity contribution in [3.63, 3.8) is 0 Å². The molecule has 2 rings (SSSR count). The van der Waals surface area contributed by atoms with Crippen molar-refractivity contribution in [2.24, 2.45) is 5.73 Å². The van der Waals surface area contributed by atoms with E-state index in [9.17, 15) is 0 Å². The van der Waals surface area contributed by atoms with Gasteiger partial charge in [0, 0.05) is 10.9 Å². The Morgan fingerprint density at radius 3 is 2.84 bits per heavy atom. The summed E-state index contributed by atoms with van der Waals surface area (Å²) in [6, 6.07) is 6.30. The fourth-order valence-electron chi connectivity index (χ4n) is 1.61. The van der Waals surface area contributed by atoms with Crippen LogP contribution in [-0.2, 0) is 6.42 Å². The van der Waals surface area contributed by atoms with Crippen molar-refractivity contribution in [3.8, 4) is 0 Å². The minimum absolute atomic E-state index is 0.195. The summed E-state index contributed by atoms with van der Waals surface area (Å²) in [5.41, 5.74) is 7.13. The summed E-state index contributed by atoms with van der Waals surface area (Å²) in [4.78, 5) is 5.33. The van der Waals surface area contributed by atoms with E-state index in [1.165, 1.54) is 17.1 Å². The highest BCUT2D eigenvalue weighted by atomic mass is 35.5. The first kappa shape index (κ1) is 14.8. The SMILES string of the molecule is CCC(N)Cc1ccc(Sc2nc(C)ns2)c(Cl)c1. The maximum atomic E-state index is 6.31. The summed E-state index contributed by atoms with van der Waals surface area (Å²) in [5, 5.41) is 0.749. The standard InChI is InChI=1S/C13H16ClN3S2/c1-3-10(15)6-9-4-5-12(11(14)7-9)18-13-16-8(2)17-19-13/h4-5,7,10H,3,6,15H2,1-2H3. The van der Waals surface area contributed by atoms with Gasteiger partial charge in [-0.1, -0.05) is 36.4 Å². The third-order valence-electron chi connectivity index (χ3n) is 2.72. The maximum absolute atomic E-state index is 6.31. The molecule has 1 atom stereocenters. The van der Waals surface area contributed by atoms with Crippen molar-refractivity contribution >= 4 is 34.9 Å². The molecule has 0 spiro atoms. The third-order valence-corrected chi connectivity index (χ3v) is 5.07. The fraction of sp³-hybridized carbons (Fsp3) is 0.385. The van der Waals surface area contributed by atoms with Gasteiger partial charge in [-0.3, -0.25) is 0 Å². The molecule has 102 valence electrons. The van der Waals surface area contributed by atoms with E-state index in [1.807, 2.05) is 19.1 Å². The predicted molar refractivity (Wildman–Crippen MR) is 82.2 cm³/mol. The van der Waals surface area contributed by atoms with Crippen molar-refractivity contribution in [1.82, 2.24) is 9.36 Å². The number of aryl methyl sites for hydroxylation is 1. The molecule has 2 N–H and O–H groups in total. The van der Waals surface area contributed by atoms with Crippen LogP contribution in [0.4, 0.5) is 0 Å². The van der Waals surface area contributed by atoms with Gasteiger partial charge in [0.2, 0.25) is 0 Å². The fourth-order valence-corrected chi connectivity index (χ4v) is 3.55. The van der Waals surface area contributed by atoms with Gasteiger partial charge in [-0.15, -0.1) is 0 Å². The summed E-state index contributed by atoms with van der Waals surface area (Å²) in [5.74, 6) is 0.800. The summed E-state index contributed by atoms with van der Waals surface area (Å²) >= 11 is 9.25. The Morgan fingerprint density at radius 2 is 2.26 bits per heavy atom. The first-order valence-corrected chi connectivity index (χ1v) is 8.07. The van der Waals surface area contributed by atoms with E-state index >= 15 is 0 Å². The van der Waals surface area contributed by atoms with Gasteiger partial charge in [0.25, 0.3) is 0 Å². The number of nitrogens with two attached hydrogens (primary N) is 1. The summed E-state index contributed by atoms with van der Waals surface area (Å²) < 4.78 is 5.07. The average molecular weight is 314 g/mol. The molecular weight excluding hydrogens is 298 g/mol. The Labute approximate surface area is 126 Å². The lowest BCUT2D eigenvalue weighted by Crippen LogP contribution is -2.21. The summed E-state index contributed by atoms with van der Waals surface area (Å²) in [6.07, 6.45) is 1.83. The highest BCUT2D eigenvalue weighted by Gasteiger charge is 2.09. The molecule has 6 heteroatoms. The molecule has 0 amide bonds. The molecule has 2 aromatic rings. The van der Waals surface area contributed by atoms with Crippen LogP contribution in [0, 0.1) is 6.92 Å². The van der Waals surface area contributed by atoms with E-state index in [2.05, 4.69) is 22.3 Å². The van der Waals surface area contributed by atoms with Crippen molar-refractivity contribution in [3.05, 3.63) is 34.6 Å². The van der Waals surface area contributed by atoms with Crippen molar-refractivity contribution in [2.75, 3.05) is 0 Å². The van der Waals surface area contributed by atoms with E-state index in [0.29, 0.717) is 0 Å². The second-order valence-electron chi connectivity index (χ2n) is 4.35. The highest BCUT2D eigenvalue weighted by molar-refractivity contribution is 8.01. The van der Waals surface area contributed by atoms with Crippen molar-refractivity contribution < 1.29 is 0 Å². The molecule has 1 heterocycles. The number of nitrogens with zero attached hydrogens (tertiary/aromatic N) is 2. The van der Waals surface area contributed by atoms with Gasteiger partial charge < -0.3 is 5.73 Å². The zero-order chi connectivity index (χ0) is 13.8. The Hall–Kier alpha value is -0.620. The number of benzene rings is 1. The highest BCUT2D eigenvalue weighted by Crippen LogP contribution is 2.34. The van der Waals surface area contributed by atoms with Gasteiger partial charge in [-0.05, 0) is 49.0 Å². The largest absolute Gasteiger partial charge is 0.327 e. The van der Waals surface area contributed by atoms with E-state index in [1.54, 1.807) is 11.8 Å². The van der Waals surface area contributed by atoms with Crippen LogP contribution < -0.4 is 5.73 Å². The van der Waals surface area contributed by atoms with Crippen molar-refractivity contribution in [1.29, 1.82) is 0 Å². The molecule has 0 bridgehead atoms. The van der Waals surface area contributed by atoms with E-state index < -0.39 is 0 Å². The number of hydrogen-bond acceptors (Lipinski definition) is 5. The number of rotatable bonds is 5. The van der Waals surface area contributed by atoms with Crippen LogP contribution in [0.5, 0.6) is 0 Å². The molecule has 0 saturated carbocycles. The van der Waals surface area contributed by atoms with Crippen LogP contribution in [0.15, 0.2) is 27.4 Å². The molecule has 0 aliphatic rings. The second kappa shape index (κ2) is 6.70. The molecule has 0 aliphatic heterocycles. The predicted octanol–water partition coefficient (Wildman–Crippen LogP) is 3.93. The number of hydrogen-bond donors (Lipinski definition) is 1. The smallest absolute Gasteiger partial charge is 0.174 e. The lowest BCUT2D eigenvalue weighted by atomic mass is 10.1. The molecule has 1 aromatic heterocycles. The first-order valence-electron chi connectivity index (χ1n) is 6.10.